The maximum atomic E-state index is 12.9. The van der Waals surface area contributed by atoms with Crippen molar-refractivity contribution in [2.75, 3.05) is 18.5 Å². The van der Waals surface area contributed by atoms with E-state index in [0.717, 1.165) is 12.1 Å². The Kier molecular flexibility index (Phi) is 4.80. The highest BCUT2D eigenvalue weighted by molar-refractivity contribution is 6.41. The van der Waals surface area contributed by atoms with E-state index in [1.165, 1.54) is 11.0 Å². The number of carbonyl (C=O) groups is 2. The lowest BCUT2D eigenvalue weighted by atomic mass is 10.1. The zero-order valence-electron chi connectivity index (χ0n) is 11.7. The summed E-state index contributed by atoms with van der Waals surface area (Å²) in [6, 6.07) is 3.35. The summed E-state index contributed by atoms with van der Waals surface area (Å²) in [6.07, 6.45) is -0.134. The van der Waals surface area contributed by atoms with E-state index < -0.39 is 17.6 Å². The van der Waals surface area contributed by atoms with Gasteiger partial charge in [0.15, 0.2) is 0 Å². The summed E-state index contributed by atoms with van der Waals surface area (Å²) in [7, 11) is 0. The molecule has 1 aromatic rings. The first-order valence-electron chi connectivity index (χ1n) is 6.58. The number of anilines is 1. The molecule has 0 aromatic heterocycles. The van der Waals surface area contributed by atoms with Crippen molar-refractivity contribution in [1.29, 1.82) is 0 Å². The molecule has 21 heavy (non-hydrogen) atoms. The summed E-state index contributed by atoms with van der Waals surface area (Å²) in [4.78, 5) is 25.6. The van der Waals surface area contributed by atoms with Crippen LogP contribution in [0.4, 0.5) is 10.1 Å². The minimum Gasteiger partial charge on any atom is -0.375 e. The lowest BCUT2D eigenvalue weighted by molar-refractivity contribution is -0.152. The predicted octanol–water partition coefficient (Wildman–Crippen LogP) is 2.05. The van der Waals surface area contributed by atoms with Crippen LogP contribution in [0.3, 0.4) is 0 Å². The topological polar surface area (TPSA) is 58.6 Å². The quantitative estimate of drug-likeness (QED) is 0.807. The fourth-order valence-electron chi connectivity index (χ4n) is 2.12. The van der Waals surface area contributed by atoms with Crippen LogP contribution in [0, 0.1) is 5.82 Å². The van der Waals surface area contributed by atoms with Crippen molar-refractivity contribution in [3.05, 3.63) is 29.0 Å². The van der Waals surface area contributed by atoms with Gasteiger partial charge in [-0.05, 0) is 32.0 Å². The minimum atomic E-state index is -0.801. The van der Waals surface area contributed by atoms with Crippen LogP contribution in [0.15, 0.2) is 18.2 Å². The predicted molar refractivity (Wildman–Crippen MR) is 76.6 cm³/mol. The maximum absolute atomic E-state index is 12.9. The fourth-order valence-corrected chi connectivity index (χ4v) is 2.33. The Morgan fingerprint density at radius 2 is 2.14 bits per heavy atom. The van der Waals surface area contributed by atoms with E-state index in [0.29, 0.717) is 13.2 Å². The molecule has 0 radical (unpaired) electrons. The van der Waals surface area contributed by atoms with E-state index in [9.17, 15) is 14.0 Å². The second-order valence-corrected chi connectivity index (χ2v) is 5.30. The van der Waals surface area contributed by atoms with E-state index in [1.54, 1.807) is 0 Å². The van der Waals surface area contributed by atoms with Crippen molar-refractivity contribution in [3.8, 4) is 0 Å². The molecule has 2 amide bonds. The second-order valence-electron chi connectivity index (χ2n) is 4.89. The number of hydrogen-bond donors (Lipinski definition) is 1. The molecular weight excluding hydrogens is 299 g/mol. The van der Waals surface area contributed by atoms with Crippen molar-refractivity contribution >= 4 is 29.1 Å². The summed E-state index contributed by atoms with van der Waals surface area (Å²) in [5.74, 6) is -1.97. The number of rotatable bonds is 1. The average molecular weight is 315 g/mol. The van der Waals surface area contributed by atoms with Crippen molar-refractivity contribution in [3.63, 3.8) is 0 Å². The Bertz CT molecular complexity index is 567. The van der Waals surface area contributed by atoms with Crippen LogP contribution >= 0.6 is 11.6 Å². The van der Waals surface area contributed by atoms with Crippen molar-refractivity contribution in [1.82, 2.24) is 4.90 Å². The van der Waals surface area contributed by atoms with Gasteiger partial charge in [0.1, 0.15) is 5.82 Å². The largest absolute Gasteiger partial charge is 0.375 e. The molecule has 7 heteroatoms. The van der Waals surface area contributed by atoms with Crippen LogP contribution in [0.1, 0.15) is 13.8 Å². The Balaban J connectivity index is 2.07. The van der Waals surface area contributed by atoms with Crippen LogP contribution in [0.2, 0.25) is 5.02 Å². The van der Waals surface area contributed by atoms with Crippen LogP contribution in [0.25, 0.3) is 0 Å². The molecule has 1 heterocycles. The molecule has 1 N–H and O–H groups in total. The highest BCUT2D eigenvalue weighted by Crippen LogP contribution is 2.22. The molecule has 0 spiro atoms. The number of carbonyl (C=O) groups excluding carboxylic acids is 2. The Morgan fingerprint density at radius 1 is 1.43 bits per heavy atom. The van der Waals surface area contributed by atoms with E-state index in [2.05, 4.69) is 5.32 Å². The number of nitrogens with zero attached hydrogens (tertiary/aromatic N) is 1. The fraction of sp³-hybridized carbons (Fsp3) is 0.429. The third kappa shape index (κ3) is 3.51. The lowest BCUT2D eigenvalue weighted by Crippen LogP contribution is -2.54. The van der Waals surface area contributed by atoms with Gasteiger partial charge in [0.25, 0.3) is 0 Å². The van der Waals surface area contributed by atoms with Crippen LogP contribution < -0.4 is 5.32 Å². The van der Waals surface area contributed by atoms with Gasteiger partial charge in [0.05, 0.1) is 29.5 Å². The highest BCUT2D eigenvalue weighted by atomic mass is 35.5. The molecule has 0 saturated carbocycles. The van der Waals surface area contributed by atoms with E-state index in [1.807, 2.05) is 13.8 Å². The van der Waals surface area contributed by atoms with Gasteiger partial charge in [-0.15, -0.1) is 0 Å². The average Bonchev–Trinajstić information content (AvgIpc) is 2.44. The molecule has 5 nitrogen and oxygen atoms in total. The Hall–Kier alpha value is -1.66. The SMILES string of the molecule is C[C@@H]1OCCN(C(=O)C(=O)Nc2ccc(F)cc2Cl)[C@@H]1C. The smallest absolute Gasteiger partial charge is 0.313 e. The Labute approximate surface area is 127 Å². The molecule has 2 atom stereocenters. The number of halogens is 2. The van der Waals surface area contributed by atoms with Crippen molar-refractivity contribution in [2.45, 2.75) is 26.0 Å². The molecule has 1 saturated heterocycles. The monoisotopic (exact) mass is 314 g/mol. The zero-order valence-corrected chi connectivity index (χ0v) is 12.5. The standard InChI is InChI=1S/C14H16ClFN2O3/c1-8-9(2)21-6-5-18(8)14(20)13(19)17-12-4-3-10(16)7-11(12)15/h3-4,7-9H,5-6H2,1-2H3,(H,17,19)/t8-,9+/m1/s1. The molecular formula is C14H16ClFN2O3. The van der Waals surface area contributed by atoms with Gasteiger partial charge in [-0.3, -0.25) is 9.59 Å². The van der Waals surface area contributed by atoms with Gasteiger partial charge in [-0.1, -0.05) is 11.6 Å². The number of benzene rings is 1. The first-order chi connectivity index (χ1) is 9.90. The second kappa shape index (κ2) is 6.41. The number of morpholine rings is 1. The summed E-state index contributed by atoms with van der Waals surface area (Å²) < 4.78 is 18.4. The molecule has 2 rings (SSSR count). The minimum absolute atomic E-state index is 0.0412. The van der Waals surface area contributed by atoms with Gasteiger partial charge in [0.2, 0.25) is 0 Å². The molecule has 0 bridgehead atoms. The zero-order chi connectivity index (χ0) is 15.6. The summed E-state index contributed by atoms with van der Waals surface area (Å²) in [6.45, 7) is 4.41. The van der Waals surface area contributed by atoms with Gasteiger partial charge < -0.3 is 15.0 Å². The van der Waals surface area contributed by atoms with E-state index >= 15 is 0 Å². The first-order valence-corrected chi connectivity index (χ1v) is 6.96. The number of nitrogens with one attached hydrogen (secondary N) is 1. The van der Waals surface area contributed by atoms with Crippen LogP contribution in [-0.2, 0) is 14.3 Å². The van der Waals surface area contributed by atoms with Gasteiger partial charge in [-0.2, -0.15) is 0 Å². The van der Waals surface area contributed by atoms with Crippen molar-refractivity contribution < 1.29 is 18.7 Å². The van der Waals surface area contributed by atoms with Crippen LogP contribution in [-0.4, -0.2) is 42.0 Å². The number of hydrogen-bond acceptors (Lipinski definition) is 3. The summed E-state index contributed by atoms with van der Waals surface area (Å²) in [5.41, 5.74) is 0.199. The van der Waals surface area contributed by atoms with E-state index in [4.69, 9.17) is 16.3 Å². The maximum Gasteiger partial charge on any atom is 0.313 e. The summed E-state index contributed by atoms with van der Waals surface area (Å²) >= 11 is 5.82. The molecule has 0 aliphatic carbocycles. The van der Waals surface area contributed by atoms with Crippen molar-refractivity contribution in [2.24, 2.45) is 0 Å². The van der Waals surface area contributed by atoms with Gasteiger partial charge in [-0.25, -0.2) is 4.39 Å². The molecule has 114 valence electrons. The molecule has 0 unspecified atom stereocenters. The van der Waals surface area contributed by atoms with E-state index in [-0.39, 0.29) is 22.9 Å². The lowest BCUT2D eigenvalue weighted by Gasteiger charge is -2.37. The third-order valence-electron chi connectivity index (χ3n) is 3.52. The highest BCUT2D eigenvalue weighted by Gasteiger charge is 2.32. The molecule has 1 aliphatic heterocycles. The van der Waals surface area contributed by atoms with Crippen LogP contribution in [0.5, 0.6) is 0 Å². The molecule has 1 aliphatic rings. The normalized spacial score (nSPS) is 22.0. The van der Waals surface area contributed by atoms with Gasteiger partial charge >= 0.3 is 11.8 Å². The number of ether oxygens (including phenoxy) is 1. The Morgan fingerprint density at radius 3 is 2.81 bits per heavy atom. The molecule has 1 fully saturated rings. The number of amides is 2. The molecule has 1 aromatic carbocycles. The van der Waals surface area contributed by atoms with Gasteiger partial charge in [0, 0.05) is 6.54 Å². The first kappa shape index (κ1) is 15.7. The summed E-state index contributed by atoms with van der Waals surface area (Å²) in [5, 5.41) is 2.44. The third-order valence-corrected chi connectivity index (χ3v) is 3.83.